The first-order valence-corrected chi connectivity index (χ1v) is 10.4. The maximum absolute atomic E-state index is 14.3. The molecule has 0 spiro atoms. The molecule has 0 aliphatic carbocycles. The Bertz CT molecular complexity index is 988. The number of carbonyl (C=O) groups is 3. The molecule has 31 heavy (non-hydrogen) atoms. The number of amides is 3. The highest BCUT2D eigenvalue weighted by molar-refractivity contribution is 6.00. The van der Waals surface area contributed by atoms with E-state index in [9.17, 15) is 18.8 Å². The monoisotopic (exact) mass is 425 g/mol. The first-order valence-electron chi connectivity index (χ1n) is 10.4. The van der Waals surface area contributed by atoms with E-state index in [-0.39, 0.29) is 36.4 Å². The molecule has 1 saturated heterocycles. The summed E-state index contributed by atoms with van der Waals surface area (Å²) >= 11 is 0. The lowest BCUT2D eigenvalue weighted by atomic mass is 10.1. The molecule has 1 aliphatic heterocycles. The Balaban J connectivity index is 1.69. The summed E-state index contributed by atoms with van der Waals surface area (Å²) in [5.41, 5.74) is 2.47. The molecular formula is C24H28FN3O3. The van der Waals surface area contributed by atoms with E-state index in [2.05, 4.69) is 0 Å². The molecule has 1 atom stereocenters. The van der Waals surface area contributed by atoms with Crippen molar-refractivity contribution >= 4 is 23.4 Å². The van der Waals surface area contributed by atoms with Crippen molar-refractivity contribution in [2.75, 3.05) is 32.1 Å². The van der Waals surface area contributed by atoms with Gasteiger partial charge in [0.15, 0.2) is 0 Å². The molecule has 2 aromatic rings. The first-order chi connectivity index (χ1) is 14.7. The Morgan fingerprint density at radius 1 is 1.13 bits per heavy atom. The summed E-state index contributed by atoms with van der Waals surface area (Å²) < 4.78 is 14.3. The average molecular weight is 426 g/mol. The molecule has 1 unspecified atom stereocenters. The van der Waals surface area contributed by atoms with Crippen LogP contribution < -0.4 is 4.90 Å². The van der Waals surface area contributed by atoms with E-state index in [1.807, 2.05) is 19.1 Å². The Morgan fingerprint density at radius 3 is 2.39 bits per heavy atom. The number of nitrogens with zero attached hydrogens (tertiary/aromatic N) is 3. The highest BCUT2D eigenvalue weighted by Crippen LogP contribution is 2.29. The van der Waals surface area contributed by atoms with Crippen LogP contribution in [0.4, 0.5) is 10.1 Å². The second kappa shape index (κ2) is 9.29. The number of rotatable bonds is 6. The molecule has 3 amide bonds. The molecule has 0 N–H and O–H groups in total. The van der Waals surface area contributed by atoms with Gasteiger partial charge in [0.1, 0.15) is 5.82 Å². The van der Waals surface area contributed by atoms with Crippen LogP contribution >= 0.6 is 0 Å². The van der Waals surface area contributed by atoms with Gasteiger partial charge < -0.3 is 14.7 Å². The van der Waals surface area contributed by atoms with E-state index in [1.165, 1.54) is 15.9 Å². The van der Waals surface area contributed by atoms with Crippen molar-refractivity contribution in [1.29, 1.82) is 0 Å². The van der Waals surface area contributed by atoms with Crippen molar-refractivity contribution in [2.45, 2.75) is 26.8 Å². The fraction of sp³-hybridized carbons (Fsp3) is 0.375. The zero-order valence-electron chi connectivity index (χ0n) is 18.4. The zero-order chi connectivity index (χ0) is 22.7. The van der Waals surface area contributed by atoms with E-state index in [0.29, 0.717) is 18.7 Å². The Morgan fingerprint density at radius 2 is 1.81 bits per heavy atom. The maximum Gasteiger partial charge on any atom is 0.253 e. The number of benzene rings is 2. The van der Waals surface area contributed by atoms with Crippen molar-refractivity contribution in [1.82, 2.24) is 9.80 Å². The molecule has 6 nitrogen and oxygen atoms in total. The molecule has 0 radical (unpaired) electrons. The lowest BCUT2D eigenvalue weighted by Crippen LogP contribution is -2.37. The Hall–Kier alpha value is -3.22. The van der Waals surface area contributed by atoms with E-state index < -0.39 is 11.7 Å². The summed E-state index contributed by atoms with van der Waals surface area (Å²) in [6, 6.07) is 11.9. The minimum atomic E-state index is -0.511. The third-order valence-corrected chi connectivity index (χ3v) is 5.54. The second-order valence-electron chi connectivity index (χ2n) is 8.11. The van der Waals surface area contributed by atoms with Crippen LogP contribution in [-0.4, -0.2) is 54.7 Å². The number of hydrogen-bond donors (Lipinski definition) is 0. The molecule has 1 heterocycles. The van der Waals surface area contributed by atoms with Gasteiger partial charge in [0.25, 0.3) is 5.91 Å². The highest BCUT2D eigenvalue weighted by Gasteiger charge is 2.37. The first kappa shape index (κ1) is 22.5. The lowest BCUT2D eigenvalue weighted by Gasteiger charge is -2.24. The van der Waals surface area contributed by atoms with Gasteiger partial charge >= 0.3 is 0 Å². The molecule has 0 saturated carbocycles. The second-order valence-corrected chi connectivity index (χ2v) is 8.11. The lowest BCUT2D eigenvalue weighted by molar-refractivity contribution is -0.136. The van der Waals surface area contributed by atoms with Gasteiger partial charge in [0.2, 0.25) is 11.8 Å². The van der Waals surface area contributed by atoms with Gasteiger partial charge in [0, 0.05) is 45.7 Å². The fourth-order valence-electron chi connectivity index (χ4n) is 3.77. The zero-order valence-corrected chi connectivity index (χ0v) is 18.4. The average Bonchev–Trinajstić information content (AvgIpc) is 3.12. The van der Waals surface area contributed by atoms with Crippen LogP contribution in [0.5, 0.6) is 0 Å². The van der Waals surface area contributed by atoms with Crippen LogP contribution in [0.2, 0.25) is 0 Å². The van der Waals surface area contributed by atoms with Gasteiger partial charge in [0.05, 0.1) is 11.6 Å². The van der Waals surface area contributed by atoms with Crippen LogP contribution in [0.15, 0.2) is 42.5 Å². The van der Waals surface area contributed by atoms with E-state index >= 15 is 0 Å². The largest absolute Gasteiger partial charge is 0.345 e. The van der Waals surface area contributed by atoms with Crippen molar-refractivity contribution in [3.8, 4) is 0 Å². The number of anilines is 1. The van der Waals surface area contributed by atoms with Gasteiger partial charge in [-0.3, -0.25) is 14.4 Å². The van der Waals surface area contributed by atoms with Gasteiger partial charge in [-0.1, -0.05) is 18.2 Å². The number of halogens is 1. The number of carbonyl (C=O) groups excluding carboxylic acids is 3. The van der Waals surface area contributed by atoms with E-state index in [4.69, 9.17) is 0 Å². The maximum atomic E-state index is 14.3. The quantitative estimate of drug-likeness (QED) is 0.714. The van der Waals surface area contributed by atoms with Crippen molar-refractivity contribution in [3.05, 3.63) is 65.0 Å². The summed E-state index contributed by atoms with van der Waals surface area (Å²) in [7, 11) is 3.39. The van der Waals surface area contributed by atoms with E-state index in [1.54, 1.807) is 50.2 Å². The van der Waals surface area contributed by atoms with Gasteiger partial charge in [-0.25, -0.2) is 4.39 Å². The smallest absolute Gasteiger partial charge is 0.253 e. The SMILES string of the molecule is CCN(Cc1ccc(C(=O)N(C)C)cc1)C(=O)C1CC(=O)N(c2ccc(C)cc2F)C1. The minimum absolute atomic E-state index is 0.0684. The van der Waals surface area contributed by atoms with Gasteiger partial charge in [-0.2, -0.15) is 0 Å². The third kappa shape index (κ3) is 4.93. The van der Waals surface area contributed by atoms with Crippen LogP contribution in [0, 0.1) is 18.7 Å². The van der Waals surface area contributed by atoms with Crippen LogP contribution in [0.3, 0.4) is 0 Å². The molecule has 3 rings (SSSR count). The molecule has 1 fully saturated rings. The molecule has 0 aromatic heterocycles. The number of aryl methyl sites for hydroxylation is 1. The van der Waals surface area contributed by atoms with Crippen LogP contribution in [-0.2, 0) is 16.1 Å². The Labute approximate surface area is 182 Å². The molecule has 2 aromatic carbocycles. The molecule has 164 valence electrons. The van der Waals surface area contributed by atoms with E-state index in [0.717, 1.165) is 11.1 Å². The predicted octanol–water partition coefficient (Wildman–Crippen LogP) is 3.24. The molecule has 1 aliphatic rings. The summed E-state index contributed by atoms with van der Waals surface area (Å²) in [6.07, 6.45) is 0.0684. The molecule has 0 bridgehead atoms. The predicted molar refractivity (Wildman–Crippen MR) is 117 cm³/mol. The normalized spacial score (nSPS) is 15.8. The molecule has 7 heteroatoms. The van der Waals surface area contributed by atoms with Gasteiger partial charge in [-0.05, 0) is 49.2 Å². The third-order valence-electron chi connectivity index (χ3n) is 5.54. The summed E-state index contributed by atoms with van der Waals surface area (Å²) in [6.45, 7) is 4.71. The Kier molecular flexibility index (Phi) is 6.73. The van der Waals surface area contributed by atoms with Crippen LogP contribution in [0.25, 0.3) is 0 Å². The summed E-state index contributed by atoms with van der Waals surface area (Å²) in [5, 5.41) is 0. The van der Waals surface area contributed by atoms with Crippen LogP contribution in [0.1, 0.15) is 34.8 Å². The minimum Gasteiger partial charge on any atom is -0.345 e. The fourth-order valence-corrected chi connectivity index (χ4v) is 3.77. The standard InChI is InChI=1S/C24H28FN3O3/c1-5-27(14-17-7-9-18(10-8-17)23(30)26(3)4)24(31)19-13-22(29)28(15-19)21-11-6-16(2)12-20(21)25/h6-12,19H,5,13-15H2,1-4H3. The van der Waals surface area contributed by atoms with Crippen molar-refractivity contribution < 1.29 is 18.8 Å². The van der Waals surface area contributed by atoms with Crippen molar-refractivity contribution in [3.63, 3.8) is 0 Å². The topological polar surface area (TPSA) is 60.9 Å². The molecular weight excluding hydrogens is 397 g/mol. The summed E-state index contributed by atoms with van der Waals surface area (Å²) in [4.78, 5) is 42.2. The summed E-state index contributed by atoms with van der Waals surface area (Å²) in [5.74, 6) is -1.42. The highest BCUT2D eigenvalue weighted by atomic mass is 19.1. The van der Waals surface area contributed by atoms with Gasteiger partial charge in [-0.15, -0.1) is 0 Å². The number of hydrogen-bond acceptors (Lipinski definition) is 3. The van der Waals surface area contributed by atoms with Crippen molar-refractivity contribution in [2.24, 2.45) is 5.92 Å².